The van der Waals surface area contributed by atoms with E-state index in [4.69, 9.17) is 20.4 Å². The number of nitrogen functional groups attached to an aromatic ring is 1. The highest BCUT2D eigenvalue weighted by atomic mass is 19.4. The van der Waals surface area contributed by atoms with Crippen LogP contribution in [-0.4, -0.2) is 54.0 Å². The summed E-state index contributed by atoms with van der Waals surface area (Å²) in [7, 11) is 6.78. The molecule has 1 saturated carbocycles. The lowest BCUT2D eigenvalue weighted by Crippen LogP contribution is -2.24. The largest absolute Gasteiger partial charge is 0.481 e. The number of benzene rings is 2. The lowest BCUT2D eigenvalue weighted by Gasteiger charge is -2.23. The molecule has 1 aliphatic rings. The van der Waals surface area contributed by atoms with Gasteiger partial charge in [0.25, 0.3) is 0 Å². The zero-order chi connectivity index (χ0) is 31.1. The number of amides is 1. The summed E-state index contributed by atoms with van der Waals surface area (Å²) in [4.78, 5) is 29.9. The van der Waals surface area contributed by atoms with Crippen molar-refractivity contribution in [2.75, 3.05) is 44.2 Å². The third kappa shape index (κ3) is 6.58. The number of nitrogens with two attached hydrogens (primary N) is 1. The number of ether oxygens (including phenoxy) is 1. The van der Waals surface area contributed by atoms with Crippen LogP contribution >= 0.6 is 0 Å². The molecule has 0 spiro atoms. The number of halogens is 3. The second-order valence-corrected chi connectivity index (χ2v) is 11.0. The Hall–Kier alpha value is -4.61. The van der Waals surface area contributed by atoms with Gasteiger partial charge in [-0.3, -0.25) is 4.79 Å². The molecule has 5 rings (SSSR count). The molecule has 43 heavy (non-hydrogen) atoms. The zero-order valence-electron chi connectivity index (χ0n) is 24.7. The number of alkyl halides is 3. The molecule has 1 atom stereocenters. The van der Waals surface area contributed by atoms with Crippen molar-refractivity contribution in [3.63, 3.8) is 0 Å². The van der Waals surface area contributed by atoms with Crippen molar-refractivity contribution in [1.82, 2.24) is 19.9 Å². The first-order chi connectivity index (χ1) is 20.3. The lowest BCUT2D eigenvalue weighted by molar-refractivity contribution is -0.137. The van der Waals surface area contributed by atoms with Gasteiger partial charge >= 0.3 is 6.18 Å². The van der Waals surface area contributed by atoms with E-state index < -0.39 is 17.8 Å². The first-order valence-electron chi connectivity index (χ1n) is 13.9. The number of hydrogen-bond acceptors (Lipinski definition) is 8. The second-order valence-electron chi connectivity index (χ2n) is 11.0. The van der Waals surface area contributed by atoms with Gasteiger partial charge in [-0.1, -0.05) is 0 Å². The van der Waals surface area contributed by atoms with Crippen LogP contribution in [0.4, 0.5) is 36.1 Å². The van der Waals surface area contributed by atoms with Gasteiger partial charge in [0.1, 0.15) is 11.6 Å². The highest BCUT2D eigenvalue weighted by Crippen LogP contribution is 2.41. The summed E-state index contributed by atoms with van der Waals surface area (Å²) >= 11 is 0. The summed E-state index contributed by atoms with van der Waals surface area (Å²) in [5.74, 6) is 1.79. The molecule has 1 fully saturated rings. The SMILES string of the molecule is COc1ncc(N(C)c2ccc3nc(C4CC4)nc(N[C@H](C)c4cc(N)cc(C(F)(F)F)c4)c3c2)cc1CC(=O)N(C)C. The number of likely N-dealkylation sites (N-methyl/N-ethyl adjacent to an activating group) is 1. The van der Waals surface area contributed by atoms with E-state index in [-0.39, 0.29) is 23.9 Å². The average Bonchev–Trinajstić information content (AvgIpc) is 3.81. The number of pyridine rings is 1. The van der Waals surface area contributed by atoms with Gasteiger partial charge < -0.3 is 25.6 Å². The molecule has 2 heterocycles. The molecule has 0 radical (unpaired) electrons. The van der Waals surface area contributed by atoms with E-state index in [0.29, 0.717) is 34.0 Å². The minimum Gasteiger partial charge on any atom is -0.481 e. The van der Waals surface area contributed by atoms with E-state index in [1.807, 2.05) is 36.2 Å². The van der Waals surface area contributed by atoms with Crippen LogP contribution in [0.15, 0.2) is 48.7 Å². The highest BCUT2D eigenvalue weighted by molar-refractivity contribution is 5.92. The maximum Gasteiger partial charge on any atom is 0.416 e. The fraction of sp³-hybridized carbons (Fsp3) is 0.355. The number of rotatable bonds is 9. The molecule has 4 aromatic rings. The van der Waals surface area contributed by atoms with Crippen LogP contribution in [0, 0.1) is 0 Å². The molecule has 3 N–H and O–H groups in total. The predicted molar refractivity (Wildman–Crippen MR) is 161 cm³/mol. The van der Waals surface area contributed by atoms with Crippen LogP contribution in [0.5, 0.6) is 5.88 Å². The van der Waals surface area contributed by atoms with E-state index in [0.717, 1.165) is 41.9 Å². The van der Waals surface area contributed by atoms with Crippen molar-refractivity contribution in [3.8, 4) is 5.88 Å². The molecule has 0 unspecified atom stereocenters. The lowest BCUT2D eigenvalue weighted by atomic mass is 10.0. The van der Waals surface area contributed by atoms with Crippen LogP contribution in [0.1, 0.15) is 54.2 Å². The quantitative estimate of drug-likeness (QED) is 0.225. The van der Waals surface area contributed by atoms with Gasteiger partial charge in [0.15, 0.2) is 0 Å². The number of methoxy groups -OCH3 is 1. The average molecular weight is 594 g/mol. The van der Waals surface area contributed by atoms with Crippen molar-refractivity contribution < 1.29 is 22.7 Å². The van der Waals surface area contributed by atoms with Crippen LogP contribution in [0.25, 0.3) is 10.9 Å². The van der Waals surface area contributed by atoms with Gasteiger partial charge in [0, 0.05) is 49.4 Å². The molecule has 226 valence electrons. The molecule has 1 amide bonds. The molecular formula is C31H34F3N7O2. The number of anilines is 4. The first-order valence-corrected chi connectivity index (χ1v) is 13.9. The molecule has 1 aliphatic carbocycles. The smallest absolute Gasteiger partial charge is 0.416 e. The third-order valence-corrected chi connectivity index (χ3v) is 7.52. The van der Waals surface area contributed by atoms with Gasteiger partial charge in [-0.2, -0.15) is 13.2 Å². The molecule has 0 bridgehead atoms. The van der Waals surface area contributed by atoms with Crippen molar-refractivity contribution in [2.24, 2.45) is 0 Å². The van der Waals surface area contributed by atoms with E-state index in [1.165, 1.54) is 18.1 Å². The number of carbonyl (C=O) groups is 1. The normalized spacial score (nSPS) is 14.0. The summed E-state index contributed by atoms with van der Waals surface area (Å²) < 4.78 is 45.9. The minimum absolute atomic E-state index is 0.0355. The maximum absolute atomic E-state index is 13.5. The Bertz CT molecular complexity index is 1670. The molecular weight excluding hydrogens is 559 g/mol. The molecule has 9 nitrogen and oxygen atoms in total. The molecule has 12 heteroatoms. The fourth-order valence-electron chi connectivity index (χ4n) is 4.80. The van der Waals surface area contributed by atoms with Crippen molar-refractivity contribution in [2.45, 2.75) is 44.3 Å². The predicted octanol–water partition coefficient (Wildman–Crippen LogP) is 6.08. The summed E-state index contributed by atoms with van der Waals surface area (Å²) in [6.45, 7) is 1.77. The van der Waals surface area contributed by atoms with Gasteiger partial charge in [-0.15, -0.1) is 0 Å². The standard InChI is InChI=1S/C31H34F3N7O2/c1-17(19-10-21(31(32,33)34)14-22(35)11-19)37-29-25-15-23(8-9-26(25)38-28(39-29)18-6-7-18)41(4)24-12-20(13-27(42)40(2)3)30(43-5)36-16-24/h8-12,14-18H,6-7,13,35H2,1-5H3,(H,37,38,39)/t17-/m1/s1. The Labute approximate surface area is 247 Å². The summed E-state index contributed by atoms with van der Waals surface area (Å²) in [6, 6.07) is 10.7. The Balaban J connectivity index is 1.51. The van der Waals surface area contributed by atoms with E-state index in [2.05, 4.69) is 10.3 Å². The Kier molecular flexibility index (Phi) is 8.04. The number of hydrogen-bond donors (Lipinski definition) is 2. The van der Waals surface area contributed by atoms with Crippen molar-refractivity contribution in [1.29, 1.82) is 0 Å². The van der Waals surface area contributed by atoms with Crippen molar-refractivity contribution in [3.05, 3.63) is 71.2 Å². The van der Waals surface area contributed by atoms with E-state index in [9.17, 15) is 18.0 Å². The van der Waals surface area contributed by atoms with Crippen LogP contribution in [0.3, 0.4) is 0 Å². The van der Waals surface area contributed by atoms with Gasteiger partial charge in [0.05, 0.1) is 42.5 Å². The van der Waals surface area contributed by atoms with Gasteiger partial charge in [0.2, 0.25) is 11.8 Å². The number of aromatic nitrogens is 3. The minimum atomic E-state index is -4.51. The van der Waals surface area contributed by atoms with E-state index >= 15 is 0 Å². The number of carbonyl (C=O) groups excluding carboxylic acids is 1. The monoisotopic (exact) mass is 593 g/mol. The zero-order valence-corrected chi connectivity index (χ0v) is 24.7. The summed E-state index contributed by atoms with van der Waals surface area (Å²) in [5.41, 5.74) is 8.37. The van der Waals surface area contributed by atoms with E-state index in [1.54, 1.807) is 27.2 Å². The first kappa shape index (κ1) is 29.9. The highest BCUT2D eigenvalue weighted by Gasteiger charge is 2.32. The topological polar surface area (TPSA) is 109 Å². The fourth-order valence-corrected chi connectivity index (χ4v) is 4.80. The Morgan fingerprint density at radius 2 is 1.84 bits per heavy atom. The van der Waals surface area contributed by atoms with Crippen LogP contribution in [-0.2, 0) is 17.4 Å². The number of fused-ring (bicyclic) bond motifs is 1. The number of nitrogens with one attached hydrogen (secondary N) is 1. The van der Waals surface area contributed by atoms with Gasteiger partial charge in [-0.05, 0) is 67.8 Å². The van der Waals surface area contributed by atoms with Gasteiger partial charge in [-0.25, -0.2) is 15.0 Å². The molecule has 0 aliphatic heterocycles. The third-order valence-electron chi connectivity index (χ3n) is 7.52. The Morgan fingerprint density at radius 1 is 1.09 bits per heavy atom. The molecule has 2 aromatic carbocycles. The molecule has 2 aromatic heterocycles. The second kappa shape index (κ2) is 11.6. The summed E-state index contributed by atoms with van der Waals surface area (Å²) in [5, 5.41) is 4.04. The van der Waals surface area contributed by atoms with Crippen molar-refractivity contribution >= 4 is 39.7 Å². The Morgan fingerprint density at radius 3 is 2.49 bits per heavy atom. The van der Waals surface area contributed by atoms with Crippen LogP contribution in [0.2, 0.25) is 0 Å². The summed E-state index contributed by atoms with van der Waals surface area (Å²) in [6.07, 6.45) is -0.728. The van der Waals surface area contributed by atoms with Crippen LogP contribution < -0.4 is 20.7 Å². The number of nitrogens with zero attached hydrogens (tertiary/aromatic N) is 5. The maximum atomic E-state index is 13.5. The molecule has 0 saturated heterocycles.